The molecule has 0 N–H and O–H groups in total. The Hall–Kier alpha value is -1.70. The Labute approximate surface area is 113 Å². The van der Waals surface area contributed by atoms with Gasteiger partial charge in [-0.1, -0.05) is 53.0 Å². The number of hydrogen-bond donors (Lipinski definition) is 0. The summed E-state index contributed by atoms with van der Waals surface area (Å²) in [4.78, 5) is 8.28. The Morgan fingerprint density at radius 3 is 1.72 bits per heavy atom. The van der Waals surface area contributed by atoms with Crippen LogP contribution in [0.25, 0.3) is 0 Å². The van der Waals surface area contributed by atoms with Crippen molar-refractivity contribution >= 4 is 11.4 Å². The minimum atomic E-state index is 0.737. The van der Waals surface area contributed by atoms with Gasteiger partial charge in [0.2, 0.25) is 0 Å². The van der Waals surface area contributed by atoms with Gasteiger partial charge in [-0.15, -0.1) is 0 Å². The number of nitrogens with zero attached hydrogens (tertiary/aromatic N) is 2. The summed E-state index contributed by atoms with van der Waals surface area (Å²) in [7, 11) is 0. The number of hydrogen-bond acceptors (Lipinski definition) is 2. The van der Waals surface area contributed by atoms with Gasteiger partial charge in [0.15, 0.2) is 0 Å². The van der Waals surface area contributed by atoms with Gasteiger partial charge in [-0.05, 0) is 26.0 Å². The van der Waals surface area contributed by atoms with Crippen molar-refractivity contribution in [2.24, 2.45) is 9.98 Å². The third kappa shape index (κ3) is 12.4. The van der Waals surface area contributed by atoms with Crippen molar-refractivity contribution in [3.05, 3.63) is 49.9 Å². The van der Waals surface area contributed by atoms with E-state index in [1.54, 1.807) is 12.3 Å². The van der Waals surface area contributed by atoms with Crippen molar-refractivity contribution in [1.82, 2.24) is 0 Å². The summed E-state index contributed by atoms with van der Waals surface area (Å²) in [5, 5.41) is 0. The molecule has 18 heavy (non-hydrogen) atoms. The van der Waals surface area contributed by atoms with E-state index in [1.165, 1.54) is 6.20 Å². The molecule has 0 spiro atoms. The molecule has 2 heteroatoms. The molecule has 0 aromatic heterocycles. The molecule has 0 rings (SSSR count). The lowest BCUT2D eigenvalue weighted by molar-refractivity contribution is 1.50. The molecule has 0 saturated carbocycles. The normalized spacial score (nSPS) is 11.4. The molecule has 0 aliphatic heterocycles. The molecule has 0 atom stereocenters. The van der Waals surface area contributed by atoms with E-state index in [-0.39, 0.29) is 0 Å². The first-order valence-electron chi connectivity index (χ1n) is 6.43. The first-order chi connectivity index (χ1) is 8.79. The topological polar surface area (TPSA) is 24.7 Å². The molecule has 0 aromatic carbocycles. The highest BCUT2D eigenvalue weighted by Crippen LogP contribution is 1.93. The lowest BCUT2D eigenvalue weighted by Crippen LogP contribution is -2.07. The first kappa shape index (κ1) is 21.6. The van der Waals surface area contributed by atoms with Gasteiger partial charge in [-0.25, -0.2) is 0 Å². The molecule has 0 unspecified atom stereocenters. The largest absolute Gasteiger partial charge is 0.255 e. The number of rotatable bonds is 5. The molecular formula is C16H28N2. The average molecular weight is 248 g/mol. The van der Waals surface area contributed by atoms with Crippen LogP contribution in [0.5, 0.6) is 0 Å². The fourth-order valence-electron chi connectivity index (χ4n) is 0.829. The maximum atomic E-state index is 4.19. The minimum Gasteiger partial charge on any atom is -0.255 e. The number of aliphatic imine (C=N–C) groups is 2. The molecule has 0 aliphatic rings. The Morgan fingerprint density at radius 1 is 0.833 bits per heavy atom. The van der Waals surface area contributed by atoms with Crippen molar-refractivity contribution < 1.29 is 0 Å². The molecule has 0 aromatic rings. The highest BCUT2D eigenvalue weighted by Gasteiger charge is 1.98. The zero-order valence-electron chi connectivity index (χ0n) is 12.8. The Kier molecular flexibility index (Phi) is 24.8. The van der Waals surface area contributed by atoms with E-state index in [2.05, 4.69) is 23.1 Å². The van der Waals surface area contributed by atoms with Crippen LogP contribution in [-0.4, -0.2) is 11.4 Å². The second-order valence-electron chi connectivity index (χ2n) is 2.40. The molecule has 0 fully saturated rings. The van der Waals surface area contributed by atoms with Crippen molar-refractivity contribution in [1.29, 1.82) is 0 Å². The smallest absolute Gasteiger partial charge is 0.0882 e. The molecule has 0 amide bonds. The fourth-order valence-corrected chi connectivity index (χ4v) is 0.829. The van der Waals surface area contributed by atoms with Crippen molar-refractivity contribution in [3.8, 4) is 0 Å². The third-order valence-electron chi connectivity index (χ3n) is 1.37. The number of allylic oxidation sites excluding steroid dienone is 4. The summed E-state index contributed by atoms with van der Waals surface area (Å²) in [6.07, 6.45) is 10.5. The molecule has 0 aliphatic carbocycles. The van der Waals surface area contributed by atoms with Crippen molar-refractivity contribution in [2.45, 2.75) is 41.5 Å². The third-order valence-corrected chi connectivity index (χ3v) is 1.37. The van der Waals surface area contributed by atoms with E-state index in [9.17, 15) is 0 Å². The van der Waals surface area contributed by atoms with E-state index in [1.807, 2.05) is 59.8 Å². The SMILES string of the molecule is C=CN=C(/C=C\C)C(C=C)=N/C=C\C.CC.CC. The monoisotopic (exact) mass is 248 g/mol. The summed E-state index contributed by atoms with van der Waals surface area (Å²) in [6.45, 7) is 19.1. The standard InChI is InChI=1S/C12H16N2.2C2H6/c1-5-9-12(13-8-4)11(7-3)14-10-6-2;2*1-2/h5-10H,3-4H2,1-2H3;2*1-2H3/b9-5-,10-6-,13-12?,14-11?;;. The zero-order valence-corrected chi connectivity index (χ0v) is 12.8. The van der Waals surface area contributed by atoms with Gasteiger partial charge in [-0.2, -0.15) is 0 Å². The van der Waals surface area contributed by atoms with Gasteiger partial charge in [0, 0.05) is 12.4 Å². The molecule has 0 bridgehead atoms. The molecule has 0 radical (unpaired) electrons. The van der Waals surface area contributed by atoms with E-state index >= 15 is 0 Å². The van der Waals surface area contributed by atoms with E-state index in [0.29, 0.717) is 0 Å². The summed E-state index contributed by atoms with van der Waals surface area (Å²) in [6, 6.07) is 0. The maximum Gasteiger partial charge on any atom is 0.0882 e. The van der Waals surface area contributed by atoms with Gasteiger partial charge in [0.05, 0.1) is 11.4 Å². The van der Waals surface area contributed by atoms with Crippen LogP contribution in [0.3, 0.4) is 0 Å². The van der Waals surface area contributed by atoms with E-state index in [0.717, 1.165) is 11.4 Å². The van der Waals surface area contributed by atoms with Crippen LogP contribution >= 0.6 is 0 Å². The summed E-state index contributed by atoms with van der Waals surface area (Å²) in [5.41, 5.74) is 1.50. The van der Waals surface area contributed by atoms with E-state index < -0.39 is 0 Å². The van der Waals surface area contributed by atoms with E-state index in [4.69, 9.17) is 0 Å². The predicted molar refractivity (Wildman–Crippen MR) is 87.6 cm³/mol. The van der Waals surface area contributed by atoms with Gasteiger partial charge in [-0.3, -0.25) is 9.98 Å². The Morgan fingerprint density at radius 2 is 1.39 bits per heavy atom. The first-order valence-corrected chi connectivity index (χ1v) is 6.43. The van der Waals surface area contributed by atoms with Crippen LogP contribution in [0.2, 0.25) is 0 Å². The predicted octanol–water partition coefficient (Wildman–Crippen LogP) is 5.36. The van der Waals surface area contributed by atoms with Gasteiger partial charge >= 0.3 is 0 Å². The lowest BCUT2D eigenvalue weighted by atomic mass is 10.2. The second-order valence-corrected chi connectivity index (χ2v) is 2.40. The average Bonchev–Trinajstić information content (AvgIpc) is 2.44. The summed E-state index contributed by atoms with van der Waals surface area (Å²) >= 11 is 0. The van der Waals surface area contributed by atoms with Crippen LogP contribution in [0, 0.1) is 0 Å². The Bertz CT molecular complexity index is 305. The fraction of sp³-hybridized carbons (Fsp3) is 0.375. The molecule has 0 saturated heterocycles. The van der Waals surface area contributed by atoms with Crippen LogP contribution in [-0.2, 0) is 0 Å². The van der Waals surface area contributed by atoms with Gasteiger partial charge in [0.1, 0.15) is 0 Å². The summed E-state index contributed by atoms with van der Waals surface area (Å²) in [5.74, 6) is 0. The van der Waals surface area contributed by atoms with Crippen LogP contribution in [0.4, 0.5) is 0 Å². The molecule has 2 nitrogen and oxygen atoms in total. The molecular weight excluding hydrogens is 220 g/mol. The second kappa shape index (κ2) is 20.7. The van der Waals surface area contributed by atoms with Gasteiger partial charge < -0.3 is 0 Å². The van der Waals surface area contributed by atoms with Crippen molar-refractivity contribution in [3.63, 3.8) is 0 Å². The molecule has 0 heterocycles. The van der Waals surface area contributed by atoms with Crippen molar-refractivity contribution in [2.75, 3.05) is 0 Å². The highest BCUT2D eigenvalue weighted by atomic mass is 14.8. The minimum absolute atomic E-state index is 0.737. The Balaban J connectivity index is -0.000000506. The zero-order chi connectivity index (χ0) is 14.8. The van der Waals surface area contributed by atoms with Crippen LogP contribution < -0.4 is 0 Å². The molecule has 102 valence electrons. The van der Waals surface area contributed by atoms with Gasteiger partial charge in [0.25, 0.3) is 0 Å². The maximum absolute atomic E-state index is 4.19. The summed E-state index contributed by atoms with van der Waals surface area (Å²) < 4.78 is 0. The highest BCUT2D eigenvalue weighted by molar-refractivity contribution is 6.50. The lowest BCUT2D eigenvalue weighted by Gasteiger charge is -1.97. The van der Waals surface area contributed by atoms with Crippen LogP contribution in [0.15, 0.2) is 59.8 Å². The quantitative estimate of drug-likeness (QED) is 0.585. The van der Waals surface area contributed by atoms with Crippen LogP contribution in [0.1, 0.15) is 41.5 Å².